The Balaban J connectivity index is 2.05. The number of nitrogens with zero attached hydrogens (tertiary/aromatic N) is 2. The first-order chi connectivity index (χ1) is 9.10. The van der Waals surface area contributed by atoms with E-state index in [2.05, 4.69) is 10.1 Å². The van der Waals surface area contributed by atoms with Gasteiger partial charge < -0.3 is 9.94 Å². The number of carboxylic acid groups (broad SMARTS) is 1. The average Bonchev–Trinajstić information content (AvgIpc) is 2.82. The molecule has 0 aliphatic carbocycles. The van der Waals surface area contributed by atoms with Gasteiger partial charge in [-0.05, 0) is 12.3 Å². The number of hydrogen-bond donors (Lipinski definition) is 1. The van der Waals surface area contributed by atoms with E-state index in [9.17, 15) is 4.79 Å². The first kappa shape index (κ1) is 11.6. The number of hydrogen-bond acceptors (Lipinski definition) is 4. The van der Waals surface area contributed by atoms with Crippen LogP contribution in [-0.2, 0) is 9.63 Å². The van der Waals surface area contributed by atoms with E-state index in [0.717, 1.165) is 16.3 Å². The molecule has 0 fully saturated rings. The number of carbonyl (C=O) groups is 1. The molecule has 1 aliphatic heterocycles. The van der Waals surface area contributed by atoms with Crippen LogP contribution >= 0.6 is 0 Å². The Kier molecular flexibility index (Phi) is 2.48. The molecule has 5 heteroatoms. The molecule has 0 spiro atoms. The first-order valence-electron chi connectivity index (χ1n) is 5.92. The second kappa shape index (κ2) is 4.05. The summed E-state index contributed by atoms with van der Waals surface area (Å²) in [6.07, 6.45) is 3.70. The van der Waals surface area contributed by atoms with E-state index in [1.54, 1.807) is 12.4 Å². The standard InChI is InChI=1S/C14H12N2O3/c1-14(13(17)18)6-12(16-19-14)11-8-15-7-9-4-2-3-5-10(9)11/h2-5,7-8H,6H2,1H3,(H,17,18). The van der Waals surface area contributed by atoms with Gasteiger partial charge in [-0.2, -0.15) is 0 Å². The zero-order chi connectivity index (χ0) is 13.5. The highest BCUT2D eigenvalue weighted by Gasteiger charge is 2.42. The summed E-state index contributed by atoms with van der Waals surface area (Å²) in [6.45, 7) is 1.52. The van der Waals surface area contributed by atoms with Gasteiger partial charge >= 0.3 is 5.97 Å². The van der Waals surface area contributed by atoms with Crippen LogP contribution in [0.5, 0.6) is 0 Å². The lowest BCUT2D eigenvalue weighted by Gasteiger charge is -2.14. The highest BCUT2D eigenvalue weighted by molar-refractivity contribution is 6.12. The van der Waals surface area contributed by atoms with E-state index in [4.69, 9.17) is 9.94 Å². The van der Waals surface area contributed by atoms with Crippen molar-refractivity contribution in [3.05, 3.63) is 42.2 Å². The van der Waals surface area contributed by atoms with Gasteiger partial charge in [-0.25, -0.2) is 4.79 Å². The van der Waals surface area contributed by atoms with Gasteiger partial charge in [0.05, 0.1) is 5.71 Å². The lowest BCUT2D eigenvalue weighted by atomic mass is 9.94. The summed E-state index contributed by atoms with van der Waals surface area (Å²) in [5.74, 6) is -1.01. The summed E-state index contributed by atoms with van der Waals surface area (Å²) in [5.41, 5.74) is 0.156. The molecule has 2 aromatic rings. The van der Waals surface area contributed by atoms with Crippen molar-refractivity contribution in [3.63, 3.8) is 0 Å². The molecule has 0 saturated heterocycles. The molecule has 96 valence electrons. The highest BCUT2D eigenvalue weighted by Crippen LogP contribution is 2.29. The predicted molar refractivity (Wildman–Crippen MR) is 70.0 cm³/mol. The lowest BCUT2D eigenvalue weighted by molar-refractivity contribution is -0.160. The topological polar surface area (TPSA) is 71.8 Å². The molecule has 0 radical (unpaired) electrons. The highest BCUT2D eigenvalue weighted by atomic mass is 16.7. The molecular formula is C14H12N2O3. The summed E-state index contributed by atoms with van der Waals surface area (Å²) in [4.78, 5) is 20.4. The molecule has 1 atom stereocenters. The van der Waals surface area contributed by atoms with Crippen LogP contribution in [0.4, 0.5) is 0 Å². The average molecular weight is 256 g/mol. The fourth-order valence-electron chi connectivity index (χ4n) is 2.15. The van der Waals surface area contributed by atoms with E-state index >= 15 is 0 Å². The zero-order valence-electron chi connectivity index (χ0n) is 10.3. The van der Waals surface area contributed by atoms with E-state index in [1.165, 1.54) is 6.92 Å². The van der Waals surface area contributed by atoms with Crippen LogP contribution in [0.2, 0.25) is 0 Å². The number of pyridine rings is 1. The normalized spacial score (nSPS) is 22.1. The molecule has 0 saturated carbocycles. The van der Waals surface area contributed by atoms with E-state index in [-0.39, 0.29) is 6.42 Å². The number of aliphatic carboxylic acids is 1. The summed E-state index contributed by atoms with van der Waals surface area (Å²) in [7, 11) is 0. The maximum atomic E-state index is 11.1. The van der Waals surface area contributed by atoms with Gasteiger partial charge in [0.2, 0.25) is 5.60 Å². The molecule has 2 heterocycles. The van der Waals surface area contributed by atoms with Gasteiger partial charge in [-0.3, -0.25) is 4.98 Å². The van der Waals surface area contributed by atoms with Crippen LogP contribution < -0.4 is 0 Å². The largest absolute Gasteiger partial charge is 0.478 e. The SMILES string of the molecule is CC1(C(=O)O)CC(c2cncc3ccccc23)=NO1. The molecular weight excluding hydrogens is 244 g/mol. The molecule has 1 aliphatic rings. The number of fused-ring (bicyclic) bond motifs is 1. The lowest BCUT2D eigenvalue weighted by Crippen LogP contribution is -2.35. The smallest absolute Gasteiger partial charge is 0.351 e. The molecule has 1 aromatic heterocycles. The maximum absolute atomic E-state index is 11.1. The Labute approximate surface area is 109 Å². The van der Waals surface area contributed by atoms with Crippen LogP contribution in [0.3, 0.4) is 0 Å². The van der Waals surface area contributed by atoms with E-state index in [0.29, 0.717) is 5.71 Å². The summed E-state index contributed by atoms with van der Waals surface area (Å²) < 4.78 is 0. The van der Waals surface area contributed by atoms with Crippen LogP contribution in [0.15, 0.2) is 41.8 Å². The van der Waals surface area contributed by atoms with Gasteiger partial charge in [0.25, 0.3) is 0 Å². The molecule has 1 unspecified atom stereocenters. The Bertz CT molecular complexity index is 691. The minimum Gasteiger partial charge on any atom is -0.478 e. The van der Waals surface area contributed by atoms with E-state index < -0.39 is 11.6 Å². The zero-order valence-corrected chi connectivity index (χ0v) is 10.3. The fourth-order valence-corrected chi connectivity index (χ4v) is 2.15. The van der Waals surface area contributed by atoms with Crippen LogP contribution in [0, 0.1) is 0 Å². The third kappa shape index (κ3) is 1.83. The van der Waals surface area contributed by atoms with Crippen LogP contribution in [-0.4, -0.2) is 27.4 Å². The predicted octanol–water partition coefficient (Wildman–Crippen LogP) is 2.20. The summed E-state index contributed by atoms with van der Waals surface area (Å²) in [6, 6.07) is 7.78. The second-order valence-corrected chi connectivity index (χ2v) is 4.75. The van der Waals surface area contributed by atoms with Gasteiger partial charge in [-0.1, -0.05) is 29.4 Å². The van der Waals surface area contributed by atoms with Crippen molar-refractivity contribution in [3.8, 4) is 0 Å². The Hall–Kier alpha value is -2.43. The molecule has 0 bridgehead atoms. The van der Waals surface area contributed by atoms with Crippen molar-refractivity contribution in [2.75, 3.05) is 0 Å². The van der Waals surface area contributed by atoms with Gasteiger partial charge in [0.1, 0.15) is 0 Å². The fraction of sp³-hybridized carbons (Fsp3) is 0.214. The molecule has 1 aromatic carbocycles. The minimum absolute atomic E-state index is 0.234. The van der Waals surface area contributed by atoms with Gasteiger partial charge in [0.15, 0.2) is 0 Å². The number of aromatic nitrogens is 1. The number of oxime groups is 1. The molecule has 19 heavy (non-hydrogen) atoms. The first-order valence-corrected chi connectivity index (χ1v) is 5.92. The Morgan fingerprint density at radius 3 is 2.89 bits per heavy atom. The van der Waals surface area contributed by atoms with Crippen LogP contribution in [0.25, 0.3) is 10.8 Å². The van der Waals surface area contributed by atoms with Crippen molar-refractivity contribution in [1.82, 2.24) is 4.98 Å². The Morgan fingerprint density at radius 1 is 1.37 bits per heavy atom. The van der Waals surface area contributed by atoms with E-state index in [1.807, 2.05) is 24.3 Å². The summed E-state index contributed by atoms with van der Waals surface area (Å²) in [5, 5.41) is 15.0. The second-order valence-electron chi connectivity index (χ2n) is 4.75. The van der Waals surface area contributed by atoms with Crippen molar-refractivity contribution in [2.45, 2.75) is 18.9 Å². The van der Waals surface area contributed by atoms with Crippen molar-refractivity contribution in [1.29, 1.82) is 0 Å². The monoisotopic (exact) mass is 256 g/mol. The van der Waals surface area contributed by atoms with Crippen molar-refractivity contribution >= 4 is 22.5 Å². The molecule has 5 nitrogen and oxygen atoms in total. The van der Waals surface area contributed by atoms with Gasteiger partial charge in [0, 0.05) is 29.8 Å². The quantitative estimate of drug-likeness (QED) is 0.894. The third-order valence-electron chi connectivity index (χ3n) is 3.29. The number of benzene rings is 1. The Morgan fingerprint density at radius 2 is 2.16 bits per heavy atom. The number of carboxylic acids is 1. The van der Waals surface area contributed by atoms with Gasteiger partial charge in [-0.15, -0.1) is 0 Å². The van der Waals surface area contributed by atoms with Crippen LogP contribution in [0.1, 0.15) is 18.9 Å². The number of rotatable bonds is 2. The minimum atomic E-state index is -1.29. The third-order valence-corrected chi connectivity index (χ3v) is 3.29. The van der Waals surface area contributed by atoms with Crippen molar-refractivity contribution < 1.29 is 14.7 Å². The van der Waals surface area contributed by atoms with Crippen molar-refractivity contribution in [2.24, 2.45) is 5.16 Å². The molecule has 0 amide bonds. The molecule has 1 N–H and O–H groups in total. The molecule has 3 rings (SSSR count). The summed E-state index contributed by atoms with van der Waals surface area (Å²) >= 11 is 0. The maximum Gasteiger partial charge on any atom is 0.351 e.